The van der Waals surface area contributed by atoms with E-state index < -0.39 is 5.97 Å². The molecule has 0 radical (unpaired) electrons. The first kappa shape index (κ1) is 18.5. The Hall–Kier alpha value is -2.82. The van der Waals surface area contributed by atoms with E-state index in [0.29, 0.717) is 6.54 Å². The molecule has 0 aliphatic heterocycles. The maximum absolute atomic E-state index is 11.5. The number of benzene rings is 2. The molecule has 0 aliphatic carbocycles. The van der Waals surface area contributed by atoms with Crippen molar-refractivity contribution >= 4 is 11.9 Å². The lowest BCUT2D eigenvalue weighted by atomic mass is 10.1. The second kappa shape index (κ2) is 9.47. The van der Waals surface area contributed by atoms with Gasteiger partial charge in [0.25, 0.3) is 0 Å². The van der Waals surface area contributed by atoms with Gasteiger partial charge in [0.1, 0.15) is 11.5 Å². The van der Waals surface area contributed by atoms with Gasteiger partial charge >= 0.3 is 5.97 Å². The lowest BCUT2D eigenvalue weighted by Gasteiger charge is -2.08. The summed E-state index contributed by atoms with van der Waals surface area (Å²) in [7, 11) is 0. The van der Waals surface area contributed by atoms with Crippen LogP contribution in [0.15, 0.2) is 48.5 Å². The van der Waals surface area contributed by atoms with E-state index >= 15 is 0 Å². The van der Waals surface area contributed by atoms with Crippen LogP contribution in [0.5, 0.6) is 11.5 Å². The summed E-state index contributed by atoms with van der Waals surface area (Å²) in [4.78, 5) is 21.9. The van der Waals surface area contributed by atoms with Crippen LogP contribution in [0.25, 0.3) is 0 Å². The molecule has 2 aromatic carbocycles. The van der Waals surface area contributed by atoms with Gasteiger partial charge in [0.2, 0.25) is 5.91 Å². The van der Waals surface area contributed by atoms with Crippen molar-refractivity contribution in [3.8, 4) is 11.5 Å². The molecule has 0 fully saturated rings. The molecule has 0 bridgehead atoms. The summed E-state index contributed by atoms with van der Waals surface area (Å²) >= 11 is 0. The number of ether oxygens (including phenoxy) is 1. The van der Waals surface area contributed by atoms with Crippen LogP contribution < -0.4 is 10.1 Å². The summed E-state index contributed by atoms with van der Waals surface area (Å²) in [5, 5.41) is 11.2. The van der Waals surface area contributed by atoms with Crippen molar-refractivity contribution in [1.29, 1.82) is 0 Å². The van der Waals surface area contributed by atoms with Gasteiger partial charge in [-0.1, -0.05) is 37.6 Å². The van der Waals surface area contributed by atoms with Crippen LogP contribution in [0, 0.1) is 0 Å². The Morgan fingerprint density at radius 1 is 0.920 bits per heavy atom. The van der Waals surface area contributed by atoms with Crippen LogP contribution in [0.3, 0.4) is 0 Å². The number of hydrogen-bond acceptors (Lipinski definition) is 3. The predicted molar refractivity (Wildman–Crippen MR) is 95.7 cm³/mol. The minimum Gasteiger partial charge on any atom is -0.481 e. The average Bonchev–Trinajstić information content (AvgIpc) is 2.61. The third-order valence-electron chi connectivity index (χ3n) is 3.68. The van der Waals surface area contributed by atoms with Gasteiger partial charge in [-0.15, -0.1) is 0 Å². The molecule has 0 aliphatic rings. The number of aryl methyl sites for hydroxylation is 1. The standard InChI is InChI=1S/C20H23NO4/c1-2-3-15-4-8-17(9-5-15)25-18-10-6-16(7-11-18)14-21-19(22)12-13-20(23)24/h4-11H,2-3,12-14H2,1H3,(H,21,22)(H,23,24). The first-order valence-corrected chi connectivity index (χ1v) is 8.41. The number of carboxylic acids is 1. The van der Waals surface area contributed by atoms with Crippen LogP contribution >= 0.6 is 0 Å². The van der Waals surface area contributed by atoms with Crippen molar-refractivity contribution in [3.63, 3.8) is 0 Å². The van der Waals surface area contributed by atoms with Gasteiger partial charge in [0.15, 0.2) is 0 Å². The molecule has 0 heterocycles. The monoisotopic (exact) mass is 341 g/mol. The number of nitrogens with one attached hydrogen (secondary N) is 1. The molecule has 2 aromatic rings. The van der Waals surface area contributed by atoms with Gasteiger partial charge in [-0.2, -0.15) is 0 Å². The molecule has 0 aromatic heterocycles. The maximum Gasteiger partial charge on any atom is 0.303 e. The first-order chi connectivity index (χ1) is 12.1. The summed E-state index contributed by atoms with van der Waals surface area (Å²) in [6.45, 7) is 2.52. The Bertz CT molecular complexity index is 693. The van der Waals surface area contributed by atoms with Crippen LogP contribution in [-0.4, -0.2) is 17.0 Å². The fourth-order valence-corrected chi connectivity index (χ4v) is 2.33. The molecule has 0 unspecified atom stereocenters. The van der Waals surface area contributed by atoms with Crippen molar-refractivity contribution in [2.24, 2.45) is 0 Å². The lowest BCUT2D eigenvalue weighted by molar-refractivity contribution is -0.138. The molecule has 0 saturated carbocycles. The van der Waals surface area contributed by atoms with E-state index in [1.807, 2.05) is 36.4 Å². The molecule has 5 heteroatoms. The normalized spacial score (nSPS) is 10.3. The second-order valence-electron chi connectivity index (χ2n) is 5.81. The zero-order chi connectivity index (χ0) is 18.1. The van der Waals surface area contributed by atoms with Crippen LogP contribution in [0.1, 0.15) is 37.3 Å². The van der Waals surface area contributed by atoms with Crippen molar-refractivity contribution in [1.82, 2.24) is 5.32 Å². The van der Waals surface area contributed by atoms with E-state index in [0.717, 1.165) is 29.9 Å². The predicted octanol–water partition coefficient (Wildman–Crippen LogP) is 3.91. The highest BCUT2D eigenvalue weighted by Crippen LogP contribution is 2.22. The molecule has 2 rings (SSSR count). The Labute approximate surface area is 147 Å². The molecular formula is C20H23NO4. The third-order valence-corrected chi connectivity index (χ3v) is 3.68. The van der Waals surface area contributed by atoms with Crippen LogP contribution in [0.4, 0.5) is 0 Å². The summed E-state index contributed by atoms with van der Waals surface area (Å²) in [6.07, 6.45) is 2.02. The Balaban J connectivity index is 1.83. The number of amides is 1. The minimum absolute atomic E-state index is 0.00937. The summed E-state index contributed by atoms with van der Waals surface area (Å²) in [5.41, 5.74) is 2.22. The molecule has 0 atom stereocenters. The number of aliphatic carboxylic acids is 1. The molecule has 0 saturated heterocycles. The number of hydrogen-bond donors (Lipinski definition) is 2. The van der Waals surface area contributed by atoms with Gasteiger partial charge in [-0.3, -0.25) is 9.59 Å². The number of carbonyl (C=O) groups excluding carboxylic acids is 1. The Morgan fingerprint density at radius 3 is 2.00 bits per heavy atom. The fraction of sp³-hybridized carbons (Fsp3) is 0.300. The molecule has 5 nitrogen and oxygen atoms in total. The van der Waals surface area contributed by atoms with Crippen molar-refractivity contribution in [2.45, 2.75) is 39.2 Å². The molecule has 2 N–H and O–H groups in total. The molecule has 1 amide bonds. The van der Waals surface area contributed by atoms with Crippen molar-refractivity contribution < 1.29 is 19.4 Å². The van der Waals surface area contributed by atoms with Gasteiger partial charge in [-0.05, 0) is 41.8 Å². The SMILES string of the molecule is CCCc1ccc(Oc2ccc(CNC(=O)CCC(=O)O)cc2)cc1. The lowest BCUT2D eigenvalue weighted by Crippen LogP contribution is -2.23. The summed E-state index contributed by atoms with van der Waals surface area (Å²) < 4.78 is 5.80. The maximum atomic E-state index is 11.5. The topological polar surface area (TPSA) is 75.6 Å². The smallest absolute Gasteiger partial charge is 0.303 e. The van der Waals surface area contributed by atoms with E-state index in [1.165, 1.54) is 5.56 Å². The number of carbonyl (C=O) groups is 2. The molecule has 25 heavy (non-hydrogen) atoms. The van der Waals surface area contributed by atoms with Gasteiger partial charge < -0.3 is 15.2 Å². The average molecular weight is 341 g/mol. The molecule has 0 spiro atoms. The van der Waals surface area contributed by atoms with E-state index in [1.54, 1.807) is 0 Å². The van der Waals surface area contributed by atoms with Gasteiger partial charge in [-0.25, -0.2) is 0 Å². The fourth-order valence-electron chi connectivity index (χ4n) is 2.33. The summed E-state index contributed by atoms with van der Waals surface area (Å²) in [6, 6.07) is 15.5. The highest BCUT2D eigenvalue weighted by atomic mass is 16.5. The molecular weight excluding hydrogens is 318 g/mol. The highest BCUT2D eigenvalue weighted by Gasteiger charge is 2.05. The zero-order valence-corrected chi connectivity index (χ0v) is 14.3. The van der Waals surface area contributed by atoms with E-state index in [2.05, 4.69) is 24.4 Å². The van der Waals surface area contributed by atoms with E-state index in [-0.39, 0.29) is 18.7 Å². The van der Waals surface area contributed by atoms with Crippen LogP contribution in [-0.2, 0) is 22.6 Å². The van der Waals surface area contributed by atoms with E-state index in [4.69, 9.17) is 9.84 Å². The Morgan fingerprint density at radius 2 is 1.48 bits per heavy atom. The summed E-state index contributed by atoms with van der Waals surface area (Å²) in [5.74, 6) is 0.271. The van der Waals surface area contributed by atoms with Crippen LogP contribution in [0.2, 0.25) is 0 Å². The number of rotatable bonds is 9. The second-order valence-corrected chi connectivity index (χ2v) is 5.81. The third kappa shape index (κ3) is 6.67. The van der Waals surface area contributed by atoms with Gasteiger partial charge in [0.05, 0.1) is 6.42 Å². The van der Waals surface area contributed by atoms with Crippen molar-refractivity contribution in [2.75, 3.05) is 0 Å². The van der Waals surface area contributed by atoms with Crippen molar-refractivity contribution in [3.05, 3.63) is 59.7 Å². The zero-order valence-electron chi connectivity index (χ0n) is 14.3. The Kier molecular flexibility index (Phi) is 7.01. The van der Waals surface area contributed by atoms with Gasteiger partial charge in [0, 0.05) is 13.0 Å². The highest BCUT2D eigenvalue weighted by molar-refractivity contribution is 5.80. The van der Waals surface area contributed by atoms with E-state index in [9.17, 15) is 9.59 Å². The number of carboxylic acid groups (broad SMARTS) is 1. The molecule has 132 valence electrons. The quantitative estimate of drug-likeness (QED) is 0.725. The minimum atomic E-state index is -0.973. The largest absolute Gasteiger partial charge is 0.481 e. The first-order valence-electron chi connectivity index (χ1n) is 8.41.